The number of hydrogen-bond donors (Lipinski definition) is 2. The first-order chi connectivity index (χ1) is 7.34. The van der Waals surface area contributed by atoms with Crippen LogP contribution in [0.4, 0.5) is 0 Å². The third kappa shape index (κ3) is 1.24. The van der Waals surface area contributed by atoms with Gasteiger partial charge in [0.1, 0.15) is 0 Å². The average Bonchev–Trinajstić information content (AvgIpc) is 2.85. The summed E-state index contributed by atoms with van der Waals surface area (Å²) in [5.41, 5.74) is 1.09. The van der Waals surface area contributed by atoms with Gasteiger partial charge >= 0.3 is 0 Å². The van der Waals surface area contributed by atoms with E-state index in [2.05, 4.69) is 25.6 Å². The number of rotatable bonds is 1. The maximum absolute atomic E-state index is 11.7. The lowest BCUT2D eigenvalue weighted by Crippen LogP contribution is -2.08. The van der Waals surface area contributed by atoms with Crippen LogP contribution in [0.5, 0.6) is 0 Å². The molecule has 0 atom stereocenters. The molecule has 0 aromatic carbocycles. The fraction of sp³-hybridized carbons (Fsp3) is 0. The first kappa shape index (κ1) is 8.30. The van der Waals surface area contributed by atoms with Crippen LogP contribution in [0.2, 0.25) is 0 Å². The van der Waals surface area contributed by atoms with Gasteiger partial charge in [-0.05, 0) is 27.9 Å². The van der Waals surface area contributed by atoms with Crippen molar-refractivity contribution in [2.24, 2.45) is 0 Å². The predicted molar refractivity (Wildman–Crippen MR) is 55.6 cm³/mol. The largest absolute Gasteiger partial charge is 0.321 e. The minimum atomic E-state index is -0.195. The quantitative estimate of drug-likeness (QED) is 0.632. The number of thiophene rings is 1. The van der Waals surface area contributed by atoms with E-state index in [0.29, 0.717) is 11.4 Å². The van der Waals surface area contributed by atoms with Crippen LogP contribution in [0.3, 0.4) is 0 Å². The number of tetrazole rings is 1. The van der Waals surface area contributed by atoms with Crippen molar-refractivity contribution in [1.82, 2.24) is 25.6 Å². The molecule has 0 radical (unpaired) electrons. The summed E-state index contributed by atoms with van der Waals surface area (Å²) in [6.45, 7) is 0. The van der Waals surface area contributed by atoms with E-state index < -0.39 is 0 Å². The van der Waals surface area contributed by atoms with Crippen molar-refractivity contribution in [3.8, 4) is 11.4 Å². The van der Waals surface area contributed by atoms with Crippen LogP contribution in [0.1, 0.15) is 0 Å². The molecule has 3 heterocycles. The summed E-state index contributed by atoms with van der Waals surface area (Å²) in [5.74, 6) is 0.381. The first-order valence-electron chi connectivity index (χ1n) is 4.19. The van der Waals surface area contributed by atoms with Crippen LogP contribution in [-0.2, 0) is 0 Å². The highest BCUT2D eigenvalue weighted by atomic mass is 32.1. The molecule has 3 aromatic heterocycles. The van der Waals surface area contributed by atoms with Gasteiger partial charge in [0, 0.05) is 0 Å². The Morgan fingerprint density at radius 1 is 1.40 bits per heavy atom. The van der Waals surface area contributed by atoms with Crippen molar-refractivity contribution in [3.63, 3.8) is 0 Å². The van der Waals surface area contributed by atoms with Gasteiger partial charge in [-0.25, -0.2) is 5.10 Å². The van der Waals surface area contributed by atoms with Gasteiger partial charge in [0.25, 0.3) is 5.56 Å². The Bertz CT molecular complexity index is 653. The zero-order chi connectivity index (χ0) is 10.3. The fourth-order valence-corrected chi connectivity index (χ4v) is 2.15. The number of nitrogens with zero attached hydrogens (tertiary/aromatic N) is 3. The summed E-state index contributed by atoms with van der Waals surface area (Å²) in [7, 11) is 0. The van der Waals surface area contributed by atoms with E-state index in [-0.39, 0.29) is 5.56 Å². The third-order valence-electron chi connectivity index (χ3n) is 2.06. The smallest absolute Gasteiger partial charge is 0.259 e. The van der Waals surface area contributed by atoms with E-state index in [1.54, 1.807) is 17.4 Å². The Balaban J connectivity index is 2.35. The Labute approximate surface area is 87.0 Å². The van der Waals surface area contributed by atoms with Crippen LogP contribution in [0, 0.1) is 0 Å². The standard InChI is InChI=1S/C8H5N5OS/c14-8-4(7-10-12-13-11-7)3-6-5(9-8)1-2-15-6/h1-3H,(H,9,14)(H,10,11,12,13). The lowest BCUT2D eigenvalue weighted by Gasteiger charge is -1.94. The molecule has 0 bridgehead atoms. The number of H-pyrrole nitrogens is 2. The van der Waals surface area contributed by atoms with Gasteiger partial charge in [0.2, 0.25) is 0 Å². The minimum absolute atomic E-state index is 0.195. The van der Waals surface area contributed by atoms with Gasteiger partial charge in [-0.2, -0.15) is 0 Å². The second-order valence-corrected chi connectivity index (χ2v) is 3.91. The first-order valence-corrected chi connectivity index (χ1v) is 5.07. The molecule has 0 spiro atoms. The Hall–Kier alpha value is -2.02. The normalized spacial score (nSPS) is 10.9. The maximum Gasteiger partial charge on any atom is 0.259 e. The molecule has 0 aliphatic heterocycles. The van der Waals surface area contributed by atoms with Crippen molar-refractivity contribution < 1.29 is 0 Å². The molecule has 3 aromatic rings. The van der Waals surface area contributed by atoms with Crippen LogP contribution in [-0.4, -0.2) is 25.6 Å². The monoisotopic (exact) mass is 219 g/mol. The SMILES string of the molecule is O=c1[nH]c2ccsc2cc1-c1nnn[nH]1. The molecule has 15 heavy (non-hydrogen) atoms. The number of pyridine rings is 1. The van der Waals surface area contributed by atoms with Crippen molar-refractivity contribution in [3.05, 3.63) is 27.9 Å². The van der Waals surface area contributed by atoms with E-state index in [0.717, 1.165) is 10.2 Å². The molecule has 0 aliphatic carbocycles. The summed E-state index contributed by atoms with van der Waals surface area (Å²) in [6, 6.07) is 3.64. The molecule has 7 heteroatoms. The molecular weight excluding hydrogens is 214 g/mol. The van der Waals surface area contributed by atoms with Crippen molar-refractivity contribution >= 4 is 21.6 Å². The topological polar surface area (TPSA) is 87.3 Å². The molecule has 3 rings (SSSR count). The number of fused-ring (bicyclic) bond motifs is 1. The lowest BCUT2D eigenvalue weighted by atomic mass is 10.2. The number of aromatic nitrogens is 5. The Kier molecular flexibility index (Phi) is 1.65. The van der Waals surface area contributed by atoms with Gasteiger partial charge in [-0.3, -0.25) is 4.79 Å². The van der Waals surface area contributed by atoms with Crippen LogP contribution >= 0.6 is 11.3 Å². The second kappa shape index (κ2) is 2.99. The van der Waals surface area contributed by atoms with E-state index >= 15 is 0 Å². The molecular formula is C8H5N5OS. The van der Waals surface area contributed by atoms with Crippen molar-refractivity contribution in [2.75, 3.05) is 0 Å². The Morgan fingerprint density at radius 2 is 2.33 bits per heavy atom. The molecule has 6 nitrogen and oxygen atoms in total. The highest BCUT2D eigenvalue weighted by molar-refractivity contribution is 7.17. The van der Waals surface area contributed by atoms with Gasteiger partial charge < -0.3 is 4.98 Å². The molecule has 2 N–H and O–H groups in total. The summed E-state index contributed by atoms with van der Waals surface area (Å²) in [5, 5.41) is 15.1. The second-order valence-electron chi connectivity index (χ2n) is 2.96. The highest BCUT2D eigenvalue weighted by Crippen LogP contribution is 2.20. The molecule has 0 saturated heterocycles. The fourth-order valence-electron chi connectivity index (χ4n) is 1.37. The van der Waals surface area contributed by atoms with E-state index in [4.69, 9.17) is 0 Å². The predicted octanol–water partition coefficient (Wildman–Crippen LogP) is 0.770. The average molecular weight is 219 g/mol. The summed E-state index contributed by atoms with van der Waals surface area (Å²) in [4.78, 5) is 14.4. The summed E-state index contributed by atoms with van der Waals surface area (Å²) < 4.78 is 1.00. The lowest BCUT2D eigenvalue weighted by molar-refractivity contribution is 0.881. The molecule has 0 fully saturated rings. The number of hydrogen-bond acceptors (Lipinski definition) is 5. The van der Waals surface area contributed by atoms with Gasteiger partial charge in [-0.15, -0.1) is 16.4 Å². The third-order valence-corrected chi connectivity index (χ3v) is 2.93. The van der Waals surface area contributed by atoms with E-state index in [9.17, 15) is 4.79 Å². The minimum Gasteiger partial charge on any atom is -0.321 e. The molecule has 0 amide bonds. The van der Waals surface area contributed by atoms with E-state index in [1.165, 1.54) is 0 Å². The van der Waals surface area contributed by atoms with Crippen LogP contribution < -0.4 is 5.56 Å². The van der Waals surface area contributed by atoms with Crippen molar-refractivity contribution in [2.45, 2.75) is 0 Å². The molecule has 0 unspecified atom stereocenters. The molecule has 0 saturated carbocycles. The molecule has 74 valence electrons. The number of aromatic amines is 2. The zero-order valence-corrected chi connectivity index (χ0v) is 8.21. The zero-order valence-electron chi connectivity index (χ0n) is 7.39. The summed E-state index contributed by atoms with van der Waals surface area (Å²) >= 11 is 1.55. The van der Waals surface area contributed by atoms with Gasteiger partial charge in [0.15, 0.2) is 5.82 Å². The van der Waals surface area contributed by atoms with E-state index in [1.807, 2.05) is 11.4 Å². The van der Waals surface area contributed by atoms with Crippen LogP contribution in [0.25, 0.3) is 21.6 Å². The van der Waals surface area contributed by atoms with Gasteiger partial charge in [0.05, 0.1) is 15.8 Å². The number of nitrogens with one attached hydrogen (secondary N) is 2. The summed E-state index contributed by atoms with van der Waals surface area (Å²) in [6.07, 6.45) is 0. The van der Waals surface area contributed by atoms with Gasteiger partial charge in [-0.1, -0.05) is 0 Å². The van der Waals surface area contributed by atoms with Crippen molar-refractivity contribution in [1.29, 1.82) is 0 Å². The highest BCUT2D eigenvalue weighted by Gasteiger charge is 2.08. The van der Waals surface area contributed by atoms with Crippen LogP contribution in [0.15, 0.2) is 22.3 Å². The maximum atomic E-state index is 11.7. The molecule has 0 aliphatic rings. The Morgan fingerprint density at radius 3 is 3.13 bits per heavy atom.